The lowest BCUT2D eigenvalue weighted by Gasteiger charge is -2.04. The molecule has 0 spiro atoms. The van der Waals surface area contributed by atoms with Crippen molar-refractivity contribution in [1.82, 2.24) is 10.3 Å². The van der Waals surface area contributed by atoms with Crippen molar-refractivity contribution >= 4 is 17.7 Å². The van der Waals surface area contributed by atoms with Crippen molar-refractivity contribution in [3.63, 3.8) is 0 Å². The van der Waals surface area contributed by atoms with Crippen LogP contribution in [0.2, 0.25) is 0 Å². The van der Waals surface area contributed by atoms with Crippen molar-refractivity contribution in [1.29, 1.82) is 0 Å². The maximum Gasteiger partial charge on any atom is 0.323 e. The Morgan fingerprint density at radius 1 is 1.50 bits per heavy atom. The van der Waals surface area contributed by atoms with E-state index in [0.717, 1.165) is 0 Å². The van der Waals surface area contributed by atoms with Gasteiger partial charge in [0.25, 0.3) is 0 Å². The molecule has 0 aliphatic heterocycles. The third kappa shape index (κ3) is 3.53. The molecule has 0 bridgehead atoms. The number of carboxylic acid groups (broad SMARTS) is 1. The first-order valence-electron chi connectivity index (χ1n) is 3.85. The average molecular weight is 195 g/mol. The highest BCUT2D eigenvalue weighted by Crippen LogP contribution is 2.01. The number of urea groups is 1. The van der Waals surface area contributed by atoms with Crippen molar-refractivity contribution in [3.8, 4) is 0 Å². The summed E-state index contributed by atoms with van der Waals surface area (Å²) in [5.41, 5.74) is 0.510. The van der Waals surface area contributed by atoms with Gasteiger partial charge in [0.2, 0.25) is 0 Å². The number of rotatable bonds is 3. The van der Waals surface area contributed by atoms with Crippen molar-refractivity contribution < 1.29 is 14.7 Å². The maximum absolute atomic E-state index is 11.0. The monoisotopic (exact) mass is 195 g/mol. The lowest BCUT2D eigenvalue weighted by atomic mass is 10.4. The Morgan fingerprint density at radius 3 is 2.86 bits per heavy atom. The Hall–Kier alpha value is -2.11. The summed E-state index contributed by atoms with van der Waals surface area (Å²) in [6, 6.07) is 2.74. The number of hydrogen-bond acceptors (Lipinski definition) is 3. The normalized spacial score (nSPS) is 9.14. The minimum atomic E-state index is -1.09. The molecule has 0 saturated carbocycles. The van der Waals surface area contributed by atoms with Gasteiger partial charge >= 0.3 is 12.0 Å². The van der Waals surface area contributed by atoms with Crippen molar-refractivity contribution in [2.24, 2.45) is 0 Å². The summed E-state index contributed by atoms with van der Waals surface area (Å²) < 4.78 is 0. The van der Waals surface area contributed by atoms with Crippen molar-refractivity contribution in [2.75, 3.05) is 11.9 Å². The third-order valence-corrected chi connectivity index (χ3v) is 1.32. The van der Waals surface area contributed by atoms with E-state index >= 15 is 0 Å². The molecule has 2 amide bonds. The summed E-state index contributed by atoms with van der Waals surface area (Å²) in [5.74, 6) is -1.09. The van der Waals surface area contributed by atoms with Gasteiger partial charge in [-0.15, -0.1) is 0 Å². The number of pyridine rings is 1. The molecule has 0 saturated heterocycles. The molecule has 1 heterocycles. The molecule has 6 nitrogen and oxygen atoms in total. The van der Waals surface area contributed by atoms with Crippen LogP contribution >= 0.6 is 0 Å². The highest BCUT2D eigenvalue weighted by molar-refractivity contribution is 5.90. The van der Waals surface area contributed by atoms with Crippen molar-refractivity contribution in [2.45, 2.75) is 0 Å². The number of nitrogens with one attached hydrogen (secondary N) is 2. The maximum atomic E-state index is 11.0. The van der Waals surface area contributed by atoms with Crippen LogP contribution in [0, 0.1) is 0 Å². The first-order valence-corrected chi connectivity index (χ1v) is 3.85. The summed E-state index contributed by atoms with van der Waals surface area (Å²) in [6.07, 6.45) is 3.03. The Balaban J connectivity index is 2.38. The van der Waals surface area contributed by atoms with Gasteiger partial charge in [-0.2, -0.15) is 0 Å². The number of carboxylic acids is 1. The molecule has 0 fully saturated rings. The van der Waals surface area contributed by atoms with E-state index in [9.17, 15) is 9.59 Å². The number of amides is 2. The number of anilines is 1. The number of aromatic nitrogens is 1. The van der Waals surface area contributed by atoms with Crippen LogP contribution in [0.25, 0.3) is 0 Å². The number of nitrogens with zero attached hydrogens (tertiary/aromatic N) is 1. The molecule has 1 aromatic rings. The second-order valence-corrected chi connectivity index (χ2v) is 2.44. The second kappa shape index (κ2) is 4.80. The fourth-order valence-electron chi connectivity index (χ4n) is 0.768. The Kier molecular flexibility index (Phi) is 3.42. The molecule has 0 unspecified atom stereocenters. The third-order valence-electron chi connectivity index (χ3n) is 1.32. The van der Waals surface area contributed by atoms with Crippen LogP contribution in [-0.4, -0.2) is 28.6 Å². The van der Waals surface area contributed by atoms with Crippen molar-refractivity contribution in [3.05, 3.63) is 24.5 Å². The number of carbonyl (C=O) groups excluding carboxylic acids is 1. The standard InChI is InChI=1S/C8H9N3O3/c12-7(13)5-10-8(14)11-6-2-1-3-9-4-6/h1-4H,5H2,(H,12,13)(H2,10,11,14). The zero-order valence-corrected chi connectivity index (χ0v) is 7.23. The molecule has 0 radical (unpaired) electrons. The summed E-state index contributed by atoms with van der Waals surface area (Å²) in [6.45, 7) is -0.411. The van der Waals surface area contributed by atoms with Gasteiger partial charge in [0.15, 0.2) is 0 Å². The van der Waals surface area contributed by atoms with E-state index in [4.69, 9.17) is 5.11 Å². The smallest absolute Gasteiger partial charge is 0.323 e. The van der Waals surface area contributed by atoms with E-state index in [1.165, 1.54) is 6.20 Å². The zero-order valence-electron chi connectivity index (χ0n) is 7.23. The summed E-state index contributed by atoms with van der Waals surface area (Å²) in [4.78, 5) is 24.9. The predicted molar refractivity (Wildman–Crippen MR) is 48.9 cm³/mol. The molecule has 14 heavy (non-hydrogen) atoms. The van der Waals surface area contributed by atoms with Gasteiger partial charge in [0.1, 0.15) is 6.54 Å². The Morgan fingerprint density at radius 2 is 2.29 bits per heavy atom. The minimum Gasteiger partial charge on any atom is -0.480 e. The summed E-state index contributed by atoms with van der Waals surface area (Å²) in [5, 5.41) is 12.8. The van der Waals surface area contributed by atoms with E-state index in [1.54, 1.807) is 18.3 Å². The summed E-state index contributed by atoms with van der Waals surface area (Å²) >= 11 is 0. The largest absolute Gasteiger partial charge is 0.480 e. The average Bonchev–Trinajstić information content (AvgIpc) is 2.16. The Labute approximate surface area is 80.0 Å². The lowest BCUT2D eigenvalue weighted by Crippen LogP contribution is -2.33. The first kappa shape index (κ1) is 9.97. The van der Waals surface area contributed by atoms with Gasteiger partial charge in [-0.1, -0.05) is 0 Å². The van der Waals surface area contributed by atoms with Gasteiger partial charge in [0, 0.05) is 6.20 Å². The molecule has 0 aliphatic rings. The van der Waals surface area contributed by atoms with Crippen LogP contribution in [0.5, 0.6) is 0 Å². The molecule has 1 aromatic heterocycles. The van der Waals surface area contributed by atoms with Crippen LogP contribution < -0.4 is 10.6 Å². The fourth-order valence-corrected chi connectivity index (χ4v) is 0.768. The molecule has 6 heteroatoms. The number of hydrogen-bond donors (Lipinski definition) is 3. The minimum absolute atomic E-state index is 0.411. The number of aliphatic carboxylic acids is 1. The molecule has 1 rings (SSSR count). The molecular formula is C8H9N3O3. The van der Waals surface area contributed by atoms with Gasteiger partial charge < -0.3 is 15.7 Å². The topological polar surface area (TPSA) is 91.3 Å². The van der Waals surface area contributed by atoms with E-state index in [-0.39, 0.29) is 0 Å². The molecule has 3 N–H and O–H groups in total. The van der Waals surface area contributed by atoms with E-state index < -0.39 is 18.5 Å². The molecule has 0 aliphatic carbocycles. The van der Waals surface area contributed by atoms with E-state index in [0.29, 0.717) is 5.69 Å². The SMILES string of the molecule is O=C(O)CNC(=O)Nc1cccnc1. The second-order valence-electron chi connectivity index (χ2n) is 2.44. The quantitative estimate of drug-likeness (QED) is 0.646. The van der Waals surface area contributed by atoms with Crippen LogP contribution in [0.3, 0.4) is 0 Å². The van der Waals surface area contributed by atoms with Crippen LogP contribution in [0.1, 0.15) is 0 Å². The molecule has 0 aromatic carbocycles. The lowest BCUT2D eigenvalue weighted by molar-refractivity contribution is -0.135. The van der Waals surface area contributed by atoms with E-state index in [2.05, 4.69) is 15.6 Å². The van der Waals surface area contributed by atoms with Gasteiger partial charge in [-0.25, -0.2) is 4.79 Å². The van der Waals surface area contributed by atoms with Crippen LogP contribution in [0.15, 0.2) is 24.5 Å². The predicted octanol–water partition coefficient (Wildman–Crippen LogP) is 0.288. The molecule has 0 atom stereocenters. The van der Waals surface area contributed by atoms with E-state index in [1.807, 2.05) is 0 Å². The van der Waals surface area contributed by atoms with Gasteiger partial charge in [0.05, 0.1) is 11.9 Å². The fraction of sp³-hybridized carbons (Fsp3) is 0.125. The van der Waals surface area contributed by atoms with Crippen LogP contribution in [-0.2, 0) is 4.79 Å². The molecular weight excluding hydrogens is 186 g/mol. The zero-order chi connectivity index (χ0) is 10.4. The summed E-state index contributed by atoms with van der Waals surface area (Å²) in [7, 11) is 0. The molecule has 74 valence electrons. The van der Waals surface area contributed by atoms with Crippen LogP contribution in [0.4, 0.5) is 10.5 Å². The first-order chi connectivity index (χ1) is 6.68. The highest BCUT2D eigenvalue weighted by atomic mass is 16.4. The number of carbonyl (C=O) groups is 2. The van der Waals surface area contributed by atoms with Gasteiger partial charge in [-0.3, -0.25) is 9.78 Å². The van der Waals surface area contributed by atoms with Gasteiger partial charge in [-0.05, 0) is 12.1 Å². The Bertz CT molecular complexity index is 326. The highest BCUT2D eigenvalue weighted by Gasteiger charge is 2.02.